The Hall–Kier alpha value is -2.82. The molecule has 2 aromatic carbocycles. The van der Waals surface area contributed by atoms with Gasteiger partial charge < -0.3 is 15.0 Å². The second kappa shape index (κ2) is 5.28. The molecule has 3 rings (SSSR count). The third-order valence-electron chi connectivity index (χ3n) is 3.25. The number of aromatic nitrogens is 1. The van der Waals surface area contributed by atoms with Crippen LogP contribution in [-0.4, -0.2) is 18.0 Å². The quantitative estimate of drug-likeness (QED) is 0.772. The number of nitrogens with one attached hydrogen (secondary N) is 2. The number of methoxy groups -OCH3 is 1. The van der Waals surface area contributed by atoms with E-state index in [0.29, 0.717) is 11.3 Å². The fraction of sp³-hybridized carbons (Fsp3) is 0.0625. The van der Waals surface area contributed by atoms with Crippen LogP contribution in [0.4, 0.5) is 10.1 Å². The van der Waals surface area contributed by atoms with Crippen molar-refractivity contribution in [2.24, 2.45) is 0 Å². The lowest BCUT2D eigenvalue weighted by atomic mass is 10.1. The molecule has 0 radical (unpaired) electrons. The number of fused-ring (bicyclic) bond motifs is 1. The van der Waals surface area contributed by atoms with E-state index in [9.17, 15) is 9.18 Å². The van der Waals surface area contributed by atoms with Crippen LogP contribution in [0.3, 0.4) is 0 Å². The predicted molar refractivity (Wildman–Crippen MR) is 79.2 cm³/mol. The minimum absolute atomic E-state index is 0.0904. The second-order valence-corrected chi connectivity index (χ2v) is 4.55. The number of carbonyl (C=O) groups excluding carboxylic acids is 1. The van der Waals surface area contributed by atoms with E-state index in [0.717, 1.165) is 10.9 Å². The molecule has 0 saturated heterocycles. The van der Waals surface area contributed by atoms with Crippen LogP contribution in [-0.2, 0) is 0 Å². The number of H-pyrrole nitrogens is 1. The highest BCUT2D eigenvalue weighted by atomic mass is 19.1. The molecule has 0 unspecified atom stereocenters. The summed E-state index contributed by atoms with van der Waals surface area (Å²) in [6.07, 6.45) is 1.78. The molecule has 2 N–H and O–H groups in total. The molecule has 4 nitrogen and oxygen atoms in total. The van der Waals surface area contributed by atoms with Crippen molar-refractivity contribution in [2.75, 3.05) is 12.4 Å². The Kier molecular flexibility index (Phi) is 3.31. The molecule has 0 aliphatic carbocycles. The minimum Gasteiger partial charge on any atom is -0.494 e. The number of anilines is 1. The van der Waals surface area contributed by atoms with Crippen molar-refractivity contribution in [1.29, 1.82) is 0 Å². The van der Waals surface area contributed by atoms with Gasteiger partial charge in [-0.25, -0.2) is 4.39 Å². The topological polar surface area (TPSA) is 54.1 Å². The van der Waals surface area contributed by atoms with Crippen molar-refractivity contribution in [3.8, 4) is 5.75 Å². The number of rotatable bonds is 3. The second-order valence-electron chi connectivity index (χ2n) is 4.55. The molecule has 0 atom stereocenters. The minimum atomic E-state index is -0.469. The fourth-order valence-electron chi connectivity index (χ4n) is 2.22. The van der Waals surface area contributed by atoms with E-state index in [2.05, 4.69) is 10.3 Å². The van der Waals surface area contributed by atoms with E-state index < -0.39 is 5.82 Å². The van der Waals surface area contributed by atoms with E-state index in [1.807, 2.05) is 12.1 Å². The van der Waals surface area contributed by atoms with Gasteiger partial charge in [0.15, 0.2) is 11.6 Å². The number of carbonyl (C=O) groups is 1. The summed E-state index contributed by atoms with van der Waals surface area (Å²) >= 11 is 0. The van der Waals surface area contributed by atoms with Crippen molar-refractivity contribution < 1.29 is 13.9 Å². The Labute approximate surface area is 120 Å². The molecule has 1 amide bonds. The summed E-state index contributed by atoms with van der Waals surface area (Å²) in [5, 5.41) is 3.58. The van der Waals surface area contributed by atoms with Gasteiger partial charge in [0.05, 0.1) is 7.11 Å². The van der Waals surface area contributed by atoms with Gasteiger partial charge in [0.2, 0.25) is 0 Å². The molecule has 1 heterocycles. The summed E-state index contributed by atoms with van der Waals surface area (Å²) in [6.45, 7) is 0. The van der Waals surface area contributed by atoms with Crippen LogP contribution < -0.4 is 10.1 Å². The van der Waals surface area contributed by atoms with Crippen molar-refractivity contribution in [1.82, 2.24) is 4.98 Å². The molecule has 0 bridgehead atoms. The lowest BCUT2D eigenvalue weighted by Crippen LogP contribution is -2.12. The Morgan fingerprint density at radius 2 is 2.10 bits per heavy atom. The van der Waals surface area contributed by atoms with Crippen LogP contribution in [0.2, 0.25) is 0 Å². The smallest absolute Gasteiger partial charge is 0.256 e. The molecule has 0 aliphatic heterocycles. The van der Waals surface area contributed by atoms with Crippen LogP contribution in [0, 0.1) is 5.82 Å². The third-order valence-corrected chi connectivity index (χ3v) is 3.25. The molecule has 0 fully saturated rings. The zero-order valence-electron chi connectivity index (χ0n) is 11.3. The van der Waals surface area contributed by atoms with Gasteiger partial charge in [-0.1, -0.05) is 6.07 Å². The van der Waals surface area contributed by atoms with Crippen LogP contribution >= 0.6 is 0 Å². The van der Waals surface area contributed by atoms with Crippen molar-refractivity contribution in [3.63, 3.8) is 0 Å². The Bertz CT molecular complexity index is 811. The maximum absolute atomic E-state index is 13.4. The normalized spacial score (nSPS) is 10.6. The molecule has 3 aromatic rings. The van der Waals surface area contributed by atoms with Gasteiger partial charge >= 0.3 is 0 Å². The van der Waals surface area contributed by atoms with Crippen molar-refractivity contribution in [3.05, 3.63) is 60.0 Å². The summed E-state index contributed by atoms with van der Waals surface area (Å²) in [6, 6.07) is 11.5. The van der Waals surface area contributed by atoms with Gasteiger partial charge in [-0.05, 0) is 30.3 Å². The van der Waals surface area contributed by atoms with Crippen LogP contribution in [0.15, 0.2) is 48.7 Å². The zero-order chi connectivity index (χ0) is 14.8. The monoisotopic (exact) mass is 284 g/mol. The maximum Gasteiger partial charge on any atom is 0.256 e. The standard InChI is InChI=1S/C16H13FN2O2/c1-21-15-9-10(5-6-13(15)17)19-16(20)12-3-2-4-14-11(12)7-8-18-14/h2-9,18H,1H3,(H,19,20). The lowest BCUT2D eigenvalue weighted by molar-refractivity contribution is 0.102. The number of amides is 1. The first-order valence-electron chi connectivity index (χ1n) is 6.40. The SMILES string of the molecule is COc1cc(NC(=O)c2cccc3[nH]ccc23)ccc1F. The number of aromatic amines is 1. The third kappa shape index (κ3) is 2.45. The molecule has 0 spiro atoms. The number of halogens is 1. The van der Waals surface area contributed by atoms with Gasteiger partial charge in [-0.2, -0.15) is 0 Å². The van der Waals surface area contributed by atoms with E-state index in [4.69, 9.17) is 4.74 Å². The zero-order valence-corrected chi connectivity index (χ0v) is 11.3. The Morgan fingerprint density at radius 3 is 2.90 bits per heavy atom. The molecule has 106 valence electrons. The average molecular weight is 284 g/mol. The summed E-state index contributed by atoms with van der Waals surface area (Å²) in [5.41, 5.74) is 1.92. The molecule has 1 aromatic heterocycles. The predicted octanol–water partition coefficient (Wildman–Crippen LogP) is 3.57. The number of ether oxygens (including phenoxy) is 1. The first-order valence-corrected chi connectivity index (χ1v) is 6.40. The first kappa shape index (κ1) is 13.2. The average Bonchev–Trinajstić information content (AvgIpc) is 2.97. The number of benzene rings is 2. The highest BCUT2D eigenvalue weighted by Crippen LogP contribution is 2.23. The van der Waals surface area contributed by atoms with Gasteiger partial charge in [-0.15, -0.1) is 0 Å². The Morgan fingerprint density at radius 1 is 1.24 bits per heavy atom. The van der Waals surface area contributed by atoms with E-state index in [-0.39, 0.29) is 11.7 Å². The molecule has 21 heavy (non-hydrogen) atoms. The Balaban J connectivity index is 1.91. The van der Waals surface area contributed by atoms with E-state index in [1.165, 1.54) is 25.3 Å². The van der Waals surface area contributed by atoms with E-state index in [1.54, 1.807) is 18.3 Å². The highest BCUT2D eigenvalue weighted by molar-refractivity contribution is 6.12. The first-order chi connectivity index (χ1) is 10.2. The van der Waals surface area contributed by atoms with E-state index >= 15 is 0 Å². The van der Waals surface area contributed by atoms with Crippen LogP contribution in [0.1, 0.15) is 10.4 Å². The van der Waals surface area contributed by atoms with Crippen LogP contribution in [0.25, 0.3) is 10.9 Å². The van der Waals surface area contributed by atoms with Crippen LogP contribution in [0.5, 0.6) is 5.75 Å². The summed E-state index contributed by atoms with van der Waals surface area (Å²) in [4.78, 5) is 15.4. The lowest BCUT2D eigenvalue weighted by Gasteiger charge is -2.08. The van der Waals surface area contributed by atoms with Gasteiger partial charge in [0.1, 0.15) is 0 Å². The number of hydrogen-bond donors (Lipinski definition) is 2. The fourth-order valence-corrected chi connectivity index (χ4v) is 2.22. The summed E-state index contributed by atoms with van der Waals surface area (Å²) < 4.78 is 18.3. The molecule has 5 heteroatoms. The molecular formula is C16H13FN2O2. The largest absolute Gasteiger partial charge is 0.494 e. The van der Waals surface area contributed by atoms with Crippen molar-refractivity contribution >= 4 is 22.5 Å². The molecular weight excluding hydrogens is 271 g/mol. The molecule has 0 saturated carbocycles. The van der Waals surface area contributed by atoms with Gasteiger partial charge in [0, 0.05) is 34.4 Å². The summed E-state index contributed by atoms with van der Waals surface area (Å²) in [5.74, 6) is -0.634. The maximum atomic E-state index is 13.4. The van der Waals surface area contributed by atoms with Gasteiger partial charge in [-0.3, -0.25) is 4.79 Å². The van der Waals surface area contributed by atoms with Gasteiger partial charge in [0.25, 0.3) is 5.91 Å². The van der Waals surface area contributed by atoms with Crippen molar-refractivity contribution in [2.45, 2.75) is 0 Å². The summed E-state index contributed by atoms with van der Waals surface area (Å²) in [7, 11) is 1.38. The molecule has 0 aliphatic rings. The highest BCUT2D eigenvalue weighted by Gasteiger charge is 2.12. The number of hydrogen-bond acceptors (Lipinski definition) is 2.